The smallest absolute Gasteiger partial charge is 0.143 e. The van der Waals surface area contributed by atoms with Crippen LogP contribution in [0, 0.1) is 0 Å². The standard InChI is InChI=1S/C29H32N2S.2C2H6/c1-2-3-19-31-20-17-24(25-9-6-7-11-28(25)31)13-12-22-16-18-30-27-15-14-23-8-4-5-10-26(23)29(27)32-21-22;2*1-2/h4-15,30H,2-3,16-21H2,1H3;2*1-2H3/p+1/b22-12+,24-13+;;. The average Bonchev–Trinajstić information content (AvgIpc) is 2.94. The van der Waals surface area contributed by atoms with Gasteiger partial charge < -0.3 is 10.2 Å². The van der Waals surface area contributed by atoms with Gasteiger partial charge in [0.2, 0.25) is 0 Å². The lowest BCUT2D eigenvalue weighted by molar-refractivity contribution is -0.573. The summed E-state index contributed by atoms with van der Waals surface area (Å²) in [7, 11) is 0. The van der Waals surface area contributed by atoms with E-state index in [9.17, 15) is 0 Å². The monoisotopic (exact) mass is 501 g/mol. The molecule has 2 N–H and O–H groups in total. The summed E-state index contributed by atoms with van der Waals surface area (Å²) < 4.78 is 0. The Labute approximate surface area is 223 Å². The van der Waals surface area contributed by atoms with Crippen molar-refractivity contribution in [3.8, 4) is 0 Å². The van der Waals surface area contributed by atoms with Crippen molar-refractivity contribution in [1.82, 2.24) is 0 Å². The zero-order valence-electron chi connectivity index (χ0n) is 23.0. The van der Waals surface area contributed by atoms with Gasteiger partial charge in [-0.2, -0.15) is 0 Å². The van der Waals surface area contributed by atoms with E-state index in [4.69, 9.17) is 0 Å². The van der Waals surface area contributed by atoms with E-state index < -0.39 is 0 Å². The maximum atomic E-state index is 2.58. The molecular formula is C33H45N2S+. The Morgan fingerprint density at radius 1 is 0.889 bits per heavy atom. The van der Waals surface area contributed by atoms with Gasteiger partial charge in [-0.3, -0.25) is 0 Å². The molecule has 0 aromatic heterocycles. The van der Waals surface area contributed by atoms with Crippen molar-refractivity contribution in [2.45, 2.75) is 65.2 Å². The van der Waals surface area contributed by atoms with Crippen LogP contribution in [0.5, 0.6) is 0 Å². The number of para-hydroxylation sites is 1. The van der Waals surface area contributed by atoms with Gasteiger partial charge in [0.25, 0.3) is 0 Å². The third kappa shape index (κ3) is 6.83. The van der Waals surface area contributed by atoms with Crippen LogP contribution in [0.15, 0.2) is 83.3 Å². The molecule has 2 aliphatic rings. The molecule has 2 heterocycles. The summed E-state index contributed by atoms with van der Waals surface area (Å²) >= 11 is 2.01. The molecule has 0 bridgehead atoms. The molecule has 0 atom stereocenters. The SMILES string of the molecule is CC.CC.CCCCN1CC/C(=C\C=C2/CC[NH2+]c3ccc4ccccc4c3SC2)c2ccccc21. The number of unbranched alkanes of at least 4 members (excludes halogenated alkanes) is 1. The maximum Gasteiger partial charge on any atom is 0.143 e. The van der Waals surface area contributed by atoms with E-state index in [1.165, 1.54) is 57.6 Å². The molecule has 192 valence electrons. The van der Waals surface area contributed by atoms with Crippen LogP contribution in [0.4, 0.5) is 11.4 Å². The first kappa shape index (κ1) is 28.1. The van der Waals surface area contributed by atoms with Crippen LogP contribution >= 0.6 is 11.8 Å². The summed E-state index contributed by atoms with van der Waals surface area (Å²) in [4.78, 5) is 4.02. The average molecular weight is 502 g/mol. The number of nitrogens with zero attached hydrogens (tertiary/aromatic N) is 1. The highest BCUT2D eigenvalue weighted by molar-refractivity contribution is 7.99. The van der Waals surface area contributed by atoms with E-state index in [-0.39, 0.29) is 0 Å². The number of quaternary nitrogens is 1. The van der Waals surface area contributed by atoms with Crippen LogP contribution in [0.25, 0.3) is 16.3 Å². The Bertz CT molecular complexity index is 1160. The second-order valence-electron chi connectivity index (χ2n) is 8.86. The molecule has 0 unspecified atom stereocenters. The maximum absolute atomic E-state index is 2.58. The lowest BCUT2D eigenvalue weighted by Crippen LogP contribution is -2.78. The van der Waals surface area contributed by atoms with Gasteiger partial charge in [-0.25, -0.2) is 0 Å². The summed E-state index contributed by atoms with van der Waals surface area (Å²) in [6.07, 6.45) is 9.63. The van der Waals surface area contributed by atoms with Crippen molar-refractivity contribution < 1.29 is 5.32 Å². The Balaban J connectivity index is 0.000000861. The lowest BCUT2D eigenvalue weighted by Gasteiger charge is -2.32. The van der Waals surface area contributed by atoms with E-state index in [1.807, 2.05) is 39.5 Å². The molecule has 0 spiro atoms. The molecule has 0 amide bonds. The summed E-state index contributed by atoms with van der Waals surface area (Å²) in [6, 6.07) is 22.3. The number of fused-ring (bicyclic) bond motifs is 4. The number of thioether (sulfide) groups is 1. The second-order valence-corrected chi connectivity index (χ2v) is 9.85. The van der Waals surface area contributed by atoms with Gasteiger partial charge in [-0.05, 0) is 35.9 Å². The topological polar surface area (TPSA) is 19.9 Å². The van der Waals surface area contributed by atoms with Gasteiger partial charge in [0, 0.05) is 48.0 Å². The van der Waals surface area contributed by atoms with E-state index in [2.05, 4.69) is 90.0 Å². The van der Waals surface area contributed by atoms with Crippen molar-refractivity contribution >= 4 is 39.5 Å². The van der Waals surface area contributed by atoms with Crippen LogP contribution in [0.2, 0.25) is 0 Å². The predicted molar refractivity (Wildman–Crippen MR) is 163 cm³/mol. The number of hydrogen-bond acceptors (Lipinski definition) is 2. The first-order valence-electron chi connectivity index (χ1n) is 14.0. The van der Waals surface area contributed by atoms with Crippen LogP contribution < -0.4 is 10.2 Å². The quantitative estimate of drug-likeness (QED) is 0.361. The van der Waals surface area contributed by atoms with Crippen LogP contribution in [0.3, 0.4) is 0 Å². The molecule has 0 saturated heterocycles. The first-order valence-corrected chi connectivity index (χ1v) is 15.0. The molecule has 36 heavy (non-hydrogen) atoms. The Kier molecular flexibility index (Phi) is 11.6. The minimum absolute atomic E-state index is 1.07. The van der Waals surface area contributed by atoms with Gasteiger partial charge >= 0.3 is 0 Å². The Morgan fingerprint density at radius 3 is 2.50 bits per heavy atom. The van der Waals surface area contributed by atoms with E-state index in [1.54, 1.807) is 5.57 Å². The molecule has 0 aliphatic carbocycles. The summed E-state index contributed by atoms with van der Waals surface area (Å²) in [5.41, 5.74) is 7.27. The van der Waals surface area contributed by atoms with Crippen LogP contribution in [-0.2, 0) is 0 Å². The fourth-order valence-electron chi connectivity index (χ4n) is 4.87. The summed E-state index contributed by atoms with van der Waals surface area (Å²) in [5, 5.41) is 5.15. The zero-order valence-corrected chi connectivity index (χ0v) is 23.8. The molecule has 3 aromatic rings. The molecule has 5 rings (SSSR count). The molecule has 2 nitrogen and oxygen atoms in total. The number of allylic oxidation sites excluding steroid dienone is 2. The van der Waals surface area contributed by atoms with Crippen LogP contribution in [0.1, 0.15) is 65.9 Å². The van der Waals surface area contributed by atoms with Crippen molar-refractivity contribution in [1.29, 1.82) is 0 Å². The third-order valence-corrected chi connectivity index (χ3v) is 7.94. The normalized spacial score (nSPS) is 17.2. The highest BCUT2D eigenvalue weighted by Gasteiger charge is 2.20. The Hall–Kier alpha value is -2.49. The molecule has 0 fully saturated rings. The fourth-order valence-corrected chi connectivity index (χ4v) is 6.10. The molecule has 2 aliphatic heterocycles. The van der Waals surface area contributed by atoms with Crippen molar-refractivity contribution in [2.24, 2.45) is 0 Å². The fraction of sp³-hybridized carbons (Fsp3) is 0.394. The minimum atomic E-state index is 1.07. The molecule has 0 radical (unpaired) electrons. The molecule has 0 saturated carbocycles. The number of hydrogen-bond donors (Lipinski definition) is 1. The second kappa shape index (κ2) is 14.9. The molecule has 3 heteroatoms. The number of anilines is 1. The summed E-state index contributed by atoms with van der Waals surface area (Å²) in [5.74, 6) is 1.07. The number of rotatable bonds is 4. The number of nitrogens with two attached hydrogens (primary N) is 1. The largest absolute Gasteiger partial charge is 0.371 e. The van der Waals surface area contributed by atoms with Crippen LogP contribution in [-0.4, -0.2) is 25.4 Å². The molecule has 3 aromatic carbocycles. The predicted octanol–water partition coefficient (Wildman–Crippen LogP) is 8.60. The minimum Gasteiger partial charge on any atom is -0.371 e. The van der Waals surface area contributed by atoms with Crippen molar-refractivity contribution in [2.75, 3.05) is 30.3 Å². The Morgan fingerprint density at radius 2 is 1.67 bits per heavy atom. The zero-order chi connectivity index (χ0) is 25.8. The van der Waals surface area contributed by atoms with Crippen molar-refractivity contribution in [3.63, 3.8) is 0 Å². The summed E-state index contributed by atoms with van der Waals surface area (Å²) in [6.45, 7) is 13.7. The highest BCUT2D eigenvalue weighted by Crippen LogP contribution is 2.37. The molecular weight excluding hydrogens is 456 g/mol. The van der Waals surface area contributed by atoms with Crippen molar-refractivity contribution in [3.05, 3.63) is 84.0 Å². The van der Waals surface area contributed by atoms with E-state index in [0.29, 0.717) is 0 Å². The van der Waals surface area contributed by atoms with E-state index >= 15 is 0 Å². The van der Waals surface area contributed by atoms with E-state index in [0.717, 1.165) is 31.7 Å². The van der Waals surface area contributed by atoms with Gasteiger partial charge in [0.15, 0.2) is 0 Å². The van der Waals surface area contributed by atoms with Gasteiger partial charge in [0.1, 0.15) is 5.69 Å². The van der Waals surface area contributed by atoms with Gasteiger partial charge in [-0.1, -0.05) is 101 Å². The third-order valence-electron chi connectivity index (χ3n) is 6.69. The van der Waals surface area contributed by atoms with Gasteiger partial charge in [-0.15, -0.1) is 11.8 Å². The first-order chi connectivity index (χ1) is 17.8. The van der Waals surface area contributed by atoms with Gasteiger partial charge in [0.05, 0.1) is 11.4 Å². The highest BCUT2D eigenvalue weighted by atomic mass is 32.2. The number of benzene rings is 3. The lowest BCUT2D eigenvalue weighted by atomic mass is 9.94.